The maximum Gasteiger partial charge on any atom is 0.0388 e. The van der Waals surface area contributed by atoms with Crippen LogP contribution in [0.25, 0.3) is 0 Å². The van der Waals surface area contributed by atoms with Crippen LogP contribution in [0.4, 0.5) is 0 Å². The van der Waals surface area contributed by atoms with Gasteiger partial charge in [0, 0.05) is 13.1 Å². The molecule has 2 saturated heterocycles. The summed E-state index contributed by atoms with van der Waals surface area (Å²) >= 11 is 0. The van der Waals surface area contributed by atoms with Crippen LogP contribution in [0.2, 0.25) is 0 Å². The number of hydrogen-bond donors (Lipinski definition) is 0. The highest BCUT2D eigenvalue weighted by atomic mass is 15.1. The van der Waals surface area contributed by atoms with Crippen molar-refractivity contribution in [2.24, 2.45) is 9.98 Å². The fourth-order valence-electron chi connectivity index (χ4n) is 15.2. The molecule has 4 heteroatoms. The molecule has 0 radical (unpaired) electrons. The molecule has 11 aliphatic carbocycles. The van der Waals surface area contributed by atoms with Crippen LogP contribution in [0, 0.1) is 0 Å². The lowest BCUT2D eigenvalue weighted by molar-refractivity contribution is 0.277. The average molecular weight is 1750 g/mol. The van der Waals surface area contributed by atoms with E-state index in [0.29, 0.717) is 0 Å². The van der Waals surface area contributed by atoms with Gasteiger partial charge in [0.05, 0.1) is 0 Å². The number of piperidine rings is 1. The highest BCUT2D eigenvalue weighted by Gasteiger charge is 2.10. The van der Waals surface area contributed by atoms with Crippen LogP contribution in [0.3, 0.4) is 0 Å². The smallest absolute Gasteiger partial charge is 0.0388 e. The SMILES string of the molecule is C1=CCCCC1.C1=NCCC1.C1=NCCCC1.C1CCC1.C1CCCC1.C1CCCC1.C1CCCC1.C1CCCCC1.C1CCCCC1.C1CCCCCC1.CC.CC.CC.CC.CC.CC.CC.CC.CC.CC.CC.CC.CC.CN1CCCCC1.CN1CCCCCC1.c1ccc2c(c1)CCC2.c1ccc2c(c1)CCCC2.c1ccc2c(c1)CCCC2. The summed E-state index contributed by atoms with van der Waals surface area (Å²) in [5.41, 5.74) is 9.44. The molecule has 746 valence electrons. The third kappa shape index (κ3) is 115. The molecule has 15 aliphatic rings. The second kappa shape index (κ2) is 144. The topological polar surface area (TPSA) is 31.2 Å². The molecule has 3 aromatic rings. The fraction of sp³-hybridized carbons (Fsp3) is 0.818. The van der Waals surface area contributed by atoms with Crippen LogP contribution in [-0.4, -0.2) is 75.6 Å². The zero-order chi connectivity index (χ0) is 95.6. The van der Waals surface area contributed by atoms with E-state index in [4.69, 9.17) is 0 Å². The predicted molar refractivity (Wildman–Crippen MR) is 592 cm³/mol. The van der Waals surface area contributed by atoms with E-state index in [9.17, 15) is 0 Å². The third-order valence-electron chi connectivity index (χ3n) is 22.3. The lowest BCUT2D eigenvalue weighted by Crippen LogP contribution is -2.24. The van der Waals surface area contributed by atoms with E-state index < -0.39 is 0 Å². The third-order valence-corrected chi connectivity index (χ3v) is 22.3. The molecule has 0 atom stereocenters. The highest BCUT2D eigenvalue weighted by Crippen LogP contribution is 2.24. The van der Waals surface area contributed by atoms with Gasteiger partial charge in [-0.1, -0.05) is 528 Å². The van der Waals surface area contributed by atoms with E-state index in [2.05, 4.69) is 119 Å². The quantitative estimate of drug-likeness (QED) is 0.166. The van der Waals surface area contributed by atoms with Gasteiger partial charge in [-0.15, -0.1) is 0 Å². The van der Waals surface area contributed by atoms with Gasteiger partial charge in [-0.2, -0.15) is 0 Å². The first-order valence-electron chi connectivity index (χ1n) is 57.4. The Morgan fingerprint density at radius 3 is 0.440 bits per heavy atom. The van der Waals surface area contributed by atoms with Crippen LogP contribution in [-0.2, 0) is 38.5 Å². The van der Waals surface area contributed by atoms with Gasteiger partial charge in [0.25, 0.3) is 0 Å². The van der Waals surface area contributed by atoms with Crippen molar-refractivity contribution in [3.05, 3.63) is 118 Å². The number of aliphatic imine (C=N–C) groups is 2. The minimum Gasteiger partial charge on any atom is -0.306 e. The van der Waals surface area contributed by atoms with Crippen molar-refractivity contribution in [1.82, 2.24) is 9.80 Å². The number of nitrogens with zero attached hydrogens (tertiary/aromatic N) is 4. The van der Waals surface area contributed by atoms with E-state index in [-0.39, 0.29) is 0 Å². The van der Waals surface area contributed by atoms with E-state index in [1.807, 2.05) is 192 Å². The normalized spacial score (nSPS) is 17.6. The molecule has 125 heavy (non-hydrogen) atoms. The molecule has 0 bridgehead atoms. The Labute approximate surface area is 796 Å². The summed E-state index contributed by atoms with van der Waals surface area (Å²) in [7, 11) is 4.41. The highest BCUT2D eigenvalue weighted by molar-refractivity contribution is 5.59. The standard InChI is InChI=1S/2C10H12.C9H10.C7H15N.C7H14.C6H13N.2C6H12.C6H10.C5H9N.3C5H10.C4H7N.C4H8.13C2H6/c2*1-2-6-10-8-4-3-7-9(10)5-1;1-2-5-9-7-3-6-8(9)4-1;1-8-6-4-2-3-5-7-8;1-2-4-6-7-5-3-1;1-7-5-3-2-4-6-7;4*1-2-4-6-5-3-1;4*1-2-4-5-3-1;1-2-4-3-1;13*1-2/h2*1-2,5-6H,3-4,7-8H2;1-2,4-5H,3,6-7H2;2-7H2,1H3;1-7H2;2-6H2,1H3;2*1-6H2;1-2H,3-6H2;4H,1-3,5H2;3*1-5H2;3H,1-2,4H2;1-4H2;13*1-2H3. The summed E-state index contributed by atoms with van der Waals surface area (Å²) in [6, 6.07) is 26.3. The molecule has 0 unspecified atom stereocenters. The van der Waals surface area contributed by atoms with Crippen molar-refractivity contribution in [3.8, 4) is 0 Å². The number of rotatable bonds is 0. The van der Waals surface area contributed by atoms with Crippen LogP contribution in [0.1, 0.15) is 592 Å². The maximum absolute atomic E-state index is 4.05. The van der Waals surface area contributed by atoms with Gasteiger partial charge < -0.3 is 9.80 Å². The molecule has 0 spiro atoms. The van der Waals surface area contributed by atoms with Gasteiger partial charge in [-0.25, -0.2) is 0 Å². The predicted octanol–water partition coefficient (Wildman–Crippen LogP) is 42.3. The summed E-state index contributed by atoms with van der Waals surface area (Å²) in [6.45, 7) is 59.4. The molecular formula is C121H242N4. The molecular weight excluding hydrogens is 1510 g/mol. The first kappa shape index (κ1) is 142. The Balaban J connectivity index is -0.000000140. The van der Waals surface area contributed by atoms with Gasteiger partial charge in [0.15, 0.2) is 0 Å². The van der Waals surface area contributed by atoms with Crippen molar-refractivity contribution in [3.63, 3.8) is 0 Å². The van der Waals surface area contributed by atoms with Gasteiger partial charge in [-0.05, 0) is 240 Å². The number of aryl methyl sites for hydroxylation is 6. The monoisotopic (exact) mass is 1750 g/mol. The van der Waals surface area contributed by atoms with Crippen LogP contribution in [0.5, 0.6) is 0 Å². The Bertz CT molecular complexity index is 1950. The van der Waals surface area contributed by atoms with E-state index in [0.717, 1.165) is 13.1 Å². The molecule has 4 nitrogen and oxygen atoms in total. The summed E-state index contributed by atoms with van der Waals surface area (Å²) < 4.78 is 0. The molecule has 3 aromatic carbocycles. The lowest BCUT2D eigenvalue weighted by atomic mass is 9.92. The fourth-order valence-corrected chi connectivity index (χ4v) is 15.2. The Morgan fingerprint density at radius 2 is 0.312 bits per heavy atom. The van der Waals surface area contributed by atoms with E-state index in [1.165, 1.54) is 444 Å². The molecule has 0 N–H and O–H groups in total. The van der Waals surface area contributed by atoms with Crippen molar-refractivity contribution in [2.45, 2.75) is 597 Å². The van der Waals surface area contributed by atoms with Crippen molar-refractivity contribution in [2.75, 3.05) is 53.4 Å². The van der Waals surface area contributed by atoms with Gasteiger partial charge in [-0.3, -0.25) is 9.98 Å². The summed E-state index contributed by atoms with van der Waals surface area (Å²) in [6.07, 6.45) is 102. The lowest BCUT2D eigenvalue weighted by Gasteiger charge is -2.20. The number of allylic oxidation sites excluding steroid dienone is 2. The Morgan fingerprint density at radius 1 is 0.160 bits per heavy atom. The Hall–Kier alpha value is -3.34. The first-order valence-corrected chi connectivity index (χ1v) is 57.4. The van der Waals surface area contributed by atoms with Crippen molar-refractivity contribution >= 4 is 12.4 Å². The zero-order valence-corrected chi connectivity index (χ0v) is 92.2. The molecule has 7 saturated carbocycles. The average Bonchev–Trinajstić information content (AvgIpc) is 1.44. The molecule has 0 amide bonds. The second-order valence-electron chi connectivity index (χ2n) is 31.7. The molecule has 4 aliphatic heterocycles. The van der Waals surface area contributed by atoms with Crippen molar-refractivity contribution < 1.29 is 0 Å². The first-order chi connectivity index (χ1) is 62.2. The van der Waals surface area contributed by atoms with Crippen LogP contribution >= 0.6 is 0 Å². The molecule has 9 fully saturated rings. The summed E-state index contributed by atoms with van der Waals surface area (Å²) in [5, 5.41) is 0. The van der Waals surface area contributed by atoms with Gasteiger partial charge in [0.1, 0.15) is 0 Å². The number of likely N-dealkylation sites (tertiary alicyclic amines) is 2. The second-order valence-corrected chi connectivity index (χ2v) is 31.7. The van der Waals surface area contributed by atoms with Gasteiger partial charge in [0.2, 0.25) is 0 Å². The minimum absolute atomic E-state index is 1.07. The molecule has 4 heterocycles. The van der Waals surface area contributed by atoms with Crippen LogP contribution in [0.15, 0.2) is 94.9 Å². The number of fused-ring (bicyclic) bond motifs is 3. The summed E-state index contributed by atoms with van der Waals surface area (Å²) in [4.78, 5) is 12.8. The van der Waals surface area contributed by atoms with E-state index >= 15 is 0 Å². The van der Waals surface area contributed by atoms with Gasteiger partial charge >= 0.3 is 0 Å². The minimum atomic E-state index is 1.07. The molecule has 18 rings (SSSR count). The van der Waals surface area contributed by atoms with Crippen LogP contribution < -0.4 is 0 Å². The Kier molecular flexibility index (Phi) is 163. The number of hydrogen-bond acceptors (Lipinski definition) is 4. The van der Waals surface area contributed by atoms with Crippen molar-refractivity contribution in [1.29, 1.82) is 0 Å². The zero-order valence-electron chi connectivity index (χ0n) is 92.2. The largest absolute Gasteiger partial charge is 0.306 e. The summed E-state index contributed by atoms with van der Waals surface area (Å²) in [5.74, 6) is 0. The van der Waals surface area contributed by atoms with E-state index in [1.54, 1.807) is 33.4 Å². The maximum atomic E-state index is 4.05. The molecule has 0 aromatic heterocycles. The number of benzene rings is 3.